The van der Waals surface area contributed by atoms with Gasteiger partial charge in [0.2, 0.25) is 0 Å². The number of rotatable bonds is 7. The lowest BCUT2D eigenvalue weighted by molar-refractivity contribution is 0.0949. The number of nitrogens with one attached hydrogen (secondary N) is 2. The van der Waals surface area contributed by atoms with E-state index >= 15 is 0 Å². The van der Waals surface area contributed by atoms with Gasteiger partial charge in [0, 0.05) is 50.6 Å². The van der Waals surface area contributed by atoms with Gasteiger partial charge < -0.3 is 19.9 Å². The van der Waals surface area contributed by atoms with Gasteiger partial charge in [0.1, 0.15) is 11.5 Å². The van der Waals surface area contributed by atoms with E-state index in [-0.39, 0.29) is 35.2 Å². The Kier molecular flexibility index (Phi) is 6.76. The van der Waals surface area contributed by atoms with E-state index in [1.54, 1.807) is 11.0 Å². The Bertz CT molecular complexity index is 1100. The second-order valence-electron chi connectivity index (χ2n) is 9.30. The summed E-state index contributed by atoms with van der Waals surface area (Å²) in [5.74, 6) is 0.0280. The van der Waals surface area contributed by atoms with Crippen molar-refractivity contribution in [2.75, 3.05) is 39.2 Å². The van der Waals surface area contributed by atoms with Crippen LogP contribution in [-0.4, -0.2) is 61.7 Å². The largest absolute Gasteiger partial charge is 0.491 e. The molecule has 0 saturated heterocycles. The van der Waals surface area contributed by atoms with Crippen LogP contribution in [0.15, 0.2) is 18.2 Å². The molecule has 8 heteroatoms. The molecule has 0 fully saturated rings. The van der Waals surface area contributed by atoms with Crippen molar-refractivity contribution in [1.29, 1.82) is 5.41 Å². The lowest BCUT2D eigenvalue weighted by atomic mass is 9.85. The van der Waals surface area contributed by atoms with Crippen LogP contribution in [0.2, 0.25) is 0 Å². The number of benzene rings is 1. The number of carbonyl (C=O) groups is 2. The van der Waals surface area contributed by atoms with Crippen LogP contribution in [-0.2, 0) is 12.0 Å². The number of hydrogen-bond donors (Lipinski definition) is 2. The zero-order chi connectivity index (χ0) is 24.5. The van der Waals surface area contributed by atoms with Gasteiger partial charge in [0.25, 0.3) is 5.91 Å². The molecule has 1 aromatic carbocycles. The molecular formula is C25H32N5O3. The third-order valence-corrected chi connectivity index (χ3v) is 5.51. The van der Waals surface area contributed by atoms with Gasteiger partial charge in [-0.3, -0.25) is 15.0 Å². The van der Waals surface area contributed by atoms with Crippen LogP contribution < -0.4 is 15.0 Å². The van der Waals surface area contributed by atoms with Gasteiger partial charge >= 0.3 is 0 Å². The minimum absolute atomic E-state index is 0.0366. The van der Waals surface area contributed by atoms with Crippen molar-refractivity contribution >= 4 is 23.2 Å². The quantitative estimate of drug-likeness (QED) is 0.629. The molecule has 0 unspecified atom stereocenters. The normalized spacial score (nSPS) is 13.1. The molecule has 2 heterocycles. The molecule has 33 heavy (non-hydrogen) atoms. The number of Topliss-reactive ketones (excluding diaryl/α,β-unsaturated/α-hetero) is 1. The molecule has 0 saturated carbocycles. The van der Waals surface area contributed by atoms with Crippen molar-refractivity contribution in [2.45, 2.75) is 39.7 Å². The van der Waals surface area contributed by atoms with Crippen LogP contribution >= 0.6 is 0 Å². The summed E-state index contributed by atoms with van der Waals surface area (Å²) < 4.78 is 5.60. The lowest BCUT2D eigenvalue weighted by Crippen LogP contribution is -2.31. The predicted octanol–water partition coefficient (Wildman–Crippen LogP) is 3.03. The maximum absolute atomic E-state index is 13.3. The smallest absolute Gasteiger partial charge is 0.273 e. The first-order chi connectivity index (χ1) is 15.5. The molecule has 0 spiro atoms. The summed E-state index contributed by atoms with van der Waals surface area (Å²) in [6, 6.07) is 8.86. The van der Waals surface area contributed by atoms with E-state index in [2.05, 4.69) is 37.1 Å². The molecule has 0 aliphatic carbocycles. The first kappa shape index (κ1) is 24.2. The molecule has 0 bridgehead atoms. The monoisotopic (exact) mass is 450 g/mol. The first-order valence-corrected chi connectivity index (χ1v) is 11.0. The van der Waals surface area contributed by atoms with Crippen LogP contribution in [0.3, 0.4) is 0 Å². The Hall–Kier alpha value is -3.42. The van der Waals surface area contributed by atoms with E-state index in [1.807, 2.05) is 38.1 Å². The highest BCUT2D eigenvalue weighted by Gasteiger charge is 2.31. The van der Waals surface area contributed by atoms with Gasteiger partial charge in [-0.2, -0.15) is 0 Å². The standard InChI is InChI=1S/C25H32N5O3/c1-8-33-20-11-16-13-30(23(26)21(16)28-22(20)24(32)27-5)14-19(31)15-9-17(25(2,3)4)12-18(10-15)29(6)7/h9-11,26H,8,13-14H2,1-7H3,(H,27,32). The average Bonchev–Trinajstić information content (AvgIpc) is 3.06. The van der Waals surface area contributed by atoms with Gasteiger partial charge in [0.15, 0.2) is 17.2 Å². The topological polar surface area (TPSA) is 98.6 Å². The van der Waals surface area contributed by atoms with Crippen molar-refractivity contribution in [1.82, 2.24) is 15.2 Å². The summed E-state index contributed by atoms with van der Waals surface area (Å²) in [5, 5.41) is 11.1. The molecule has 3 rings (SSSR count). The highest BCUT2D eigenvalue weighted by atomic mass is 16.5. The molecule has 2 aromatic rings. The van der Waals surface area contributed by atoms with Crippen molar-refractivity contribution in [3.05, 3.63) is 52.3 Å². The van der Waals surface area contributed by atoms with Crippen LogP contribution in [0, 0.1) is 11.5 Å². The molecule has 1 radical (unpaired) electrons. The molecule has 1 aromatic heterocycles. The van der Waals surface area contributed by atoms with E-state index < -0.39 is 0 Å². The number of aromatic nitrogens is 1. The van der Waals surface area contributed by atoms with E-state index in [9.17, 15) is 9.59 Å². The van der Waals surface area contributed by atoms with Crippen LogP contribution in [0.25, 0.3) is 0 Å². The molecule has 175 valence electrons. The van der Waals surface area contributed by atoms with Crippen molar-refractivity contribution in [3.63, 3.8) is 0 Å². The number of hydrogen-bond acceptors (Lipinski definition) is 6. The lowest BCUT2D eigenvalue weighted by Gasteiger charge is -2.23. The maximum Gasteiger partial charge on any atom is 0.273 e. The summed E-state index contributed by atoms with van der Waals surface area (Å²) in [4.78, 5) is 33.5. The molecule has 1 aliphatic rings. The number of fused-ring (bicyclic) bond motifs is 1. The van der Waals surface area contributed by atoms with E-state index in [0.29, 0.717) is 30.2 Å². The number of anilines is 1. The molecular weight excluding hydrogens is 418 g/mol. The fraction of sp³-hybridized carbons (Fsp3) is 0.440. The predicted molar refractivity (Wildman–Crippen MR) is 129 cm³/mol. The van der Waals surface area contributed by atoms with Gasteiger partial charge in [-0.05, 0) is 36.1 Å². The molecule has 2 N–H and O–H groups in total. The minimum Gasteiger partial charge on any atom is -0.491 e. The molecule has 1 amide bonds. The summed E-state index contributed by atoms with van der Waals surface area (Å²) in [5.41, 5.74) is 3.51. The third-order valence-electron chi connectivity index (χ3n) is 5.51. The number of pyridine rings is 1. The maximum atomic E-state index is 13.3. The van der Waals surface area contributed by atoms with E-state index in [0.717, 1.165) is 16.8 Å². The Labute approximate surface area is 195 Å². The van der Waals surface area contributed by atoms with Gasteiger partial charge in [-0.25, -0.2) is 4.98 Å². The minimum atomic E-state index is -0.380. The van der Waals surface area contributed by atoms with Gasteiger partial charge in [-0.1, -0.05) is 20.8 Å². The van der Waals surface area contributed by atoms with E-state index in [1.165, 1.54) is 7.05 Å². The Balaban J connectivity index is 1.90. The highest BCUT2D eigenvalue weighted by Crippen LogP contribution is 2.30. The van der Waals surface area contributed by atoms with Crippen molar-refractivity contribution in [2.24, 2.45) is 0 Å². The second kappa shape index (κ2) is 9.21. The number of amides is 1. The first-order valence-electron chi connectivity index (χ1n) is 11.0. The molecule has 1 aliphatic heterocycles. The summed E-state index contributed by atoms with van der Waals surface area (Å²) in [6.45, 7) is 8.88. The number of nitrogens with zero attached hydrogens (tertiary/aromatic N) is 3. The number of carbonyl (C=O) groups excluding carboxylic acids is 2. The zero-order valence-electron chi connectivity index (χ0n) is 20.4. The number of amidine groups is 1. The van der Waals surface area contributed by atoms with Crippen molar-refractivity contribution in [3.8, 4) is 5.75 Å². The molecule has 8 nitrogen and oxygen atoms in total. The number of ether oxygens (including phenoxy) is 1. The fourth-order valence-corrected chi connectivity index (χ4v) is 3.60. The Morgan fingerprint density at radius 3 is 2.55 bits per heavy atom. The number of ketones is 1. The summed E-state index contributed by atoms with van der Waals surface area (Å²) >= 11 is 0. The Morgan fingerprint density at radius 2 is 1.97 bits per heavy atom. The second-order valence-corrected chi connectivity index (χ2v) is 9.30. The zero-order valence-corrected chi connectivity index (χ0v) is 20.4. The average molecular weight is 451 g/mol. The Morgan fingerprint density at radius 1 is 1.27 bits per heavy atom. The summed E-state index contributed by atoms with van der Waals surface area (Å²) in [7, 11) is 5.37. The SMILES string of the molecule is CCOc1cc2c(nc1C(=O)NC)C(=N)N(CC(=O)c1cc(N(C)C)[c]c(C(C)(C)C)c1)C2. The van der Waals surface area contributed by atoms with Crippen LogP contribution in [0.1, 0.15) is 65.4 Å². The summed E-state index contributed by atoms with van der Waals surface area (Å²) in [6.07, 6.45) is 0. The van der Waals surface area contributed by atoms with Crippen LogP contribution in [0.5, 0.6) is 5.75 Å². The third kappa shape index (κ3) is 4.99. The van der Waals surface area contributed by atoms with Crippen LogP contribution in [0.4, 0.5) is 5.69 Å². The molecule has 0 atom stereocenters. The van der Waals surface area contributed by atoms with E-state index in [4.69, 9.17) is 10.1 Å². The highest BCUT2D eigenvalue weighted by molar-refractivity contribution is 6.05. The van der Waals surface area contributed by atoms with Gasteiger partial charge in [-0.15, -0.1) is 0 Å². The van der Waals surface area contributed by atoms with Crippen molar-refractivity contribution < 1.29 is 14.3 Å². The fourth-order valence-electron chi connectivity index (χ4n) is 3.60. The van der Waals surface area contributed by atoms with Gasteiger partial charge in [0.05, 0.1) is 13.2 Å².